The molecule has 1 aliphatic rings. The summed E-state index contributed by atoms with van der Waals surface area (Å²) in [4.78, 5) is 0. The van der Waals surface area contributed by atoms with Crippen LogP contribution in [-0.2, 0) is 17.7 Å². The molecular weight excluding hydrogens is 260 g/mol. The molecule has 120 valence electrons. The van der Waals surface area contributed by atoms with Crippen LogP contribution in [0.2, 0.25) is 0 Å². The highest BCUT2D eigenvalue weighted by atomic mass is 16.5. The molecule has 0 fully saturated rings. The summed E-state index contributed by atoms with van der Waals surface area (Å²) in [5.41, 5.74) is 3.06. The van der Waals surface area contributed by atoms with E-state index in [1.54, 1.807) is 0 Å². The summed E-state index contributed by atoms with van der Waals surface area (Å²) in [5.74, 6) is 0.731. The van der Waals surface area contributed by atoms with E-state index < -0.39 is 0 Å². The minimum absolute atomic E-state index is 0.566. The number of nitrogens with one attached hydrogen (secondary N) is 1. The van der Waals surface area contributed by atoms with Gasteiger partial charge in [-0.3, -0.25) is 0 Å². The van der Waals surface area contributed by atoms with E-state index in [9.17, 15) is 0 Å². The molecular formula is C18H32N2O. The largest absolute Gasteiger partial charge is 0.380 e. The van der Waals surface area contributed by atoms with Gasteiger partial charge in [0.15, 0.2) is 0 Å². The number of rotatable bonds is 9. The highest BCUT2D eigenvalue weighted by molar-refractivity contribution is 5.30. The number of aromatic nitrogens is 1. The van der Waals surface area contributed by atoms with Crippen molar-refractivity contribution in [1.82, 2.24) is 9.88 Å². The Labute approximate surface area is 130 Å². The van der Waals surface area contributed by atoms with Crippen LogP contribution >= 0.6 is 0 Å². The molecule has 0 saturated carbocycles. The number of fused-ring (bicyclic) bond motifs is 1. The highest BCUT2D eigenvalue weighted by Crippen LogP contribution is 2.30. The molecule has 2 rings (SSSR count). The van der Waals surface area contributed by atoms with Crippen LogP contribution in [0.15, 0.2) is 12.4 Å². The molecule has 0 radical (unpaired) electrons. The number of ether oxygens (including phenoxy) is 1. The summed E-state index contributed by atoms with van der Waals surface area (Å²) in [6.45, 7) is 10.5. The van der Waals surface area contributed by atoms with Gasteiger partial charge in [-0.25, -0.2) is 0 Å². The molecule has 3 heteroatoms. The third kappa shape index (κ3) is 5.15. The number of hydrogen-bond acceptors (Lipinski definition) is 2. The number of nitrogens with zero attached hydrogens (tertiary/aromatic N) is 1. The molecule has 0 aliphatic heterocycles. The Morgan fingerprint density at radius 3 is 2.95 bits per heavy atom. The molecule has 0 amide bonds. The Kier molecular flexibility index (Phi) is 6.78. The van der Waals surface area contributed by atoms with E-state index in [0.717, 1.165) is 38.6 Å². The summed E-state index contributed by atoms with van der Waals surface area (Å²) >= 11 is 0. The molecule has 1 aromatic heterocycles. The molecule has 0 aromatic carbocycles. The lowest BCUT2D eigenvalue weighted by Gasteiger charge is -2.23. The SMILES string of the molecule is CCCNC1CCCc2cn(CCOCCC(C)C)cc21. The fraction of sp³-hybridized carbons (Fsp3) is 0.778. The molecule has 3 nitrogen and oxygen atoms in total. The van der Waals surface area contributed by atoms with Crippen molar-refractivity contribution in [2.24, 2.45) is 5.92 Å². The topological polar surface area (TPSA) is 26.2 Å². The maximum Gasteiger partial charge on any atom is 0.0645 e. The second-order valence-electron chi connectivity index (χ2n) is 6.67. The van der Waals surface area contributed by atoms with Crippen LogP contribution < -0.4 is 5.32 Å². The predicted molar refractivity (Wildman–Crippen MR) is 88.7 cm³/mol. The maximum absolute atomic E-state index is 5.74. The van der Waals surface area contributed by atoms with Crippen molar-refractivity contribution < 1.29 is 4.74 Å². The van der Waals surface area contributed by atoms with Crippen LogP contribution in [0.4, 0.5) is 0 Å². The van der Waals surface area contributed by atoms with E-state index in [4.69, 9.17) is 4.74 Å². The third-order valence-electron chi connectivity index (χ3n) is 4.29. The first-order valence-corrected chi connectivity index (χ1v) is 8.70. The molecule has 1 atom stereocenters. The van der Waals surface area contributed by atoms with Crippen molar-refractivity contribution >= 4 is 0 Å². The lowest BCUT2D eigenvalue weighted by atomic mass is 9.91. The maximum atomic E-state index is 5.74. The van der Waals surface area contributed by atoms with Crippen molar-refractivity contribution in [1.29, 1.82) is 0 Å². The molecule has 1 N–H and O–H groups in total. The summed E-state index contributed by atoms with van der Waals surface area (Å²) < 4.78 is 8.06. The quantitative estimate of drug-likeness (QED) is 0.698. The number of hydrogen-bond donors (Lipinski definition) is 1. The van der Waals surface area contributed by atoms with E-state index in [2.05, 4.69) is 43.0 Å². The van der Waals surface area contributed by atoms with E-state index in [-0.39, 0.29) is 0 Å². The van der Waals surface area contributed by atoms with E-state index >= 15 is 0 Å². The van der Waals surface area contributed by atoms with Gasteiger partial charge in [0.25, 0.3) is 0 Å². The van der Waals surface area contributed by atoms with Gasteiger partial charge < -0.3 is 14.6 Å². The summed E-state index contributed by atoms with van der Waals surface area (Å²) in [6, 6.07) is 0.566. The minimum atomic E-state index is 0.566. The van der Waals surface area contributed by atoms with Crippen LogP contribution in [0, 0.1) is 5.92 Å². The summed E-state index contributed by atoms with van der Waals surface area (Å²) in [7, 11) is 0. The summed E-state index contributed by atoms with van der Waals surface area (Å²) in [5, 5.41) is 3.69. The first-order valence-electron chi connectivity index (χ1n) is 8.70. The molecule has 1 heterocycles. The average Bonchev–Trinajstić information content (AvgIpc) is 2.87. The fourth-order valence-corrected chi connectivity index (χ4v) is 3.00. The fourth-order valence-electron chi connectivity index (χ4n) is 3.00. The van der Waals surface area contributed by atoms with Gasteiger partial charge in [0, 0.05) is 31.6 Å². The van der Waals surface area contributed by atoms with Crippen molar-refractivity contribution in [3.8, 4) is 0 Å². The normalized spacial score (nSPS) is 18.2. The molecule has 0 spiro atoms. The second kappa shape index (κ2) is 8.60. The molecule has 1 aliphatic carbocycles. The highest BCUT2D eigenvalue weighted by Gasteiger charge is 2.21. The molecule has 0 bridgehead atoms. The van der Waals surface area contributed by atoms with Gasteiger partial charge in [0.05, 0.1) is 6.61 Å². The molecule has 1 unspecified atom stereocenters. The molecule has 1 aromatic rings. The summed E-state index contributed by atoms with van der Waals surface area (Å²) in [6.07, 6.45) is 10.9. The van der Waals surface area contributed by atoms with Crippen LogP contribution in [-0.4, -0.2) is 24.3 Å². The van der Waals surface area contributed by atoms with E-state index in [0.29, 0.717) is 6.04 Å². The Morgan fingerprint density at radius 2 is 2.19 bits per heavy atom. The van der Waals surface area contributed by atoms with Crippen LogP contribution in [0.5, 0.6) is 0 Å². The zero-order valence-electron chi connectivity index (χ0n) is 14.0. The van der Waals surface area contributed by atoms with Crippen LogP contribution in [0.3, 0.4) is 0 Å². The lowest BCUT2D eigenvalue weighted by molar-refractivity contribution is 0.116. The zero-order chi connectivity index (χ0) is 15.1. The van der Waals surface area contributed by atoms with Crippen molar-refractivity contribution in [2.45, 2.75) is 65.5 Å². The van der Waals surface area contributed by atoms with E-state index in [1.165, 1.54) is 36.8 Å². The molecule has 0 saturated heterocycles. The third-order valence-corrected chi connectivity index (χ3v) is 4.29. The Morgan fingerprint density at radius 1 is 1.33 bits per heavy atom. The smallest absolute Gasteiger partial charge is 0.0645 e. The van der Waals surface area contributed by atoms with Crippen molar-refractivity contribution in [3.05, 3.63) is 23.5 Å². The van der Waals surface area contributed by atoms with Gasteiger partial charge in [0.2, 0.25) is 0 Å². The van der Waals surface area contributed by atoms with Gasteiger partial charge in [-0.1, -0.05) is 20.8 Å². The van der Waals surface area contributed by atoms with Gasteiger partial charge in [0.1, 0.15) is 0 Å². The van der Waals surface area contributed by atoms with Crippen molar-refractivity contribution in [2.75, 3.05) is 19.8 Å². The zero-order valence-corrected chi connectivity index (χ0v) is 14.0. The Bertz CT molecular complexity index is 411. The van der Waals surface area contributed by atoms with Crippen molar-refractivity contribution in [3.63, 3.8) is 0 Å². The average molecular weight is 292 g/mol. The van der Waals surface area contributed by atoms with Crippen LogP contribution in [0.1, 0.15) is 63.6 Å². The molecule has 21 heavy (non-hydrogen) atoms. The standard InChI is InChI=1S/C18H32N2O/c1-4-9-19-18-7-5-6-16-13-20(14-17(16)18)10-12-21-11-8-15(2)3/h13-15,18-19H,4-12H2,1-3H3. The second-order valence-corrected chi connectivity index (χ2v) is 6.67. The van der Waals surface area contributed by atoms with Gasteiger partial charge >= 0.3 is 0 Å². The first-order chi connectivity index (χ1) is 10.2. The monoisotopic (exact) mass is 292 g/mol. The Hall–Kier alpha value is -0.800. The number of aryl methyl sites for hydroxylation is 1. The predicted octanol–water partition coefficient (Wildman–Crippen LogP) is 3.93. The van der Waals surface area contributed by atoms with Gasteiger partial charge in [-0.2, -0.15) is 0 Å². The van der Waals surface area contributed by atoms with E-state index in [1.807, 2.05) is 0 Å². The van der Waals surface area contributed by atoms with Crippen LogP contribution in [0.25, 0.3) is 0 Å². The first kappa shape index (κ1) is 16.6. The lowest BCUT2D eigenvalue weighted by Crippen LogP contribution is -2.24. The van der Waals surface area contributed by atoms with Gasteiger partial charge in [-0.15, -0.1) is 0 Å². The minimum Gasteiger partial charge on any atom is -0.380 e. The van der Waals surface area contributed by atoms with Gasteiger partial charge in [-0.05, 0) is 55.7 Å². The Balaban J connectivity index is 1.81.